The molecule has 0 radical (unpaired) electrons. The fraction of sp³-hybridized carbons (Fsp3) is 0.800. The van der Waals surface area contributed by atoms with E-state index in [1.165, 1.54) is 6.42 Å². The SMILES string of the molecule is N#CCCCCCCCCC(N)=O. The van der Waals surface area contributed by atoms with Gasteiger partial charge in [-0.2, -0.15) is 5.26 Å². The third kappa shape index (κ3) is 11.0. The van der Waals surface area contributed by atoms with Crippen LogP contribution in [0.5, 0.6) is 0 Å². The second-order valence-electron chi connectivity index (χ2n) is 3.25. The number of hydrogen-bond acceptors (Lipinski definition) is 2. The van der Waals surface area contributed by atoms with Crippen LogP contribution < -0.4 is 5.73 Å². The van der Waals surface area contributed by atoms with Gasteiger partial charge in [0.15, 0.2) is 0 Å². The monoisotopic (exact) mass is 182 g/mol. The summed E-state index contributed by atoms with van der Waals surface area (Å²) >= 11 is 0. The van der Waals surface area contributed by atoms with E-state index in [0.29, 0.717) is 12.8 Å². The number of carbonyl (C=O) groups is 1. The van der Waals surface area contributed by atoms with E-state index in [4.69, 9.17) is 11.0 Å². The molecule has 0 aliphatic carbocycles. The largest absolute Gasteiger partial charge is 0.370 e. The first-order valence-corrected chi connectivity index (χ1v) is 4.92. The maximum absolute atomic E-state index is 10.4. The quantitative estimate of drug-likeness (QED) is 0.584. The first-order chi connectivity index (χ1) is 6.27. The molecule has 0 saturated carbocycles. The summed E-state index contributed by atoms with van der Waals surface area (Å²) in [6, 6.07) is 2.12. The molecule has 0 aromatic heterocycles. The van der Waals surface area contributed by atoms with Crippen LogP contribution in [0.25, 0.3) is 0 Å². The third-order valence-corrected chi connectivity index (χ3v) is 1.96. The minimum atomic E-state index is -0.204. The molecule has 0 heterocycles. The molecular formula is C10H18N2O. The summed E-state index contributed by atoms with van der Waals surface area (Å²) in [7, 11) is 0. The minimum Gasteiger partial charge on any atom is -0.370 e. The van der Waals surface area contributed by atoms with Crippen molar-refractivity contribution in [1.82, 2.24) is 0 Å². The molecule has 0 spiro atoms. The van der Waals surface area contributed by atoms with Gasteiger partial charge in [-0.15, -0.1) is 0 Å². The van der Waals surface area contributed by atoms with Crippen LogP contribution in [-0.2, 0) is 4.79 Å². The number of hydrogen-bond donors (Lipinski definition) is 1. The van der Waals surface area contributed by atoms with Gasteiger partial charge in [-0.05, 0) is 12.8 Å². The Hall–Kier alpha value is -1.04. The number of nitriles is 1. The van der Waals surface area contributed by atoms with Crippen LogP contribution in [0.1, 0.15) is 51.4 Å². The Morgan fingerprint density at radius 2 is 1.62 bits per heavy atom. The van der Waals surface area contributed by atoms with Gasteiger partial charge in [0.2, 0.25) is 5.91 Å². The van der Waals surface area contributed by atoms with E-state index in [2.05, 4.69) is 6.07 Å². The molecule has 2 N–H and O–H groups in total. The Labute approximate surface area is 79.9 Å². The predicted octanol–water partition coefficient (Wildman–Crippen LogP) is 2.12. The van der Waals surface area contributed by atoms with Crippen molar-refractivity contribution in [2.24, 2.45) is 5.73 Å². The highest BCUT2D eigenvalue weighted by Crippen LogP contribution is 2.07. The van der Waals surface area contributed by atoms with Crippen molar-refractivity contribution in [1.29, 1.82) is 5.26 Å². The molecule has 0 aliphatic heterocycles. The summed E-state index contributed by atoms with van der Waals surface area (Å²) in [6.45, 7) is 0. The van der Waals surface area contributed by atoms with Gasteiger partial charge in [-0.3, -0.25) is 4.79 Å². The highest BCUT2D eigenvalue weighted by molar-refractivity contribution is 5.73. The zero-order chi connectivity index (χ0) is 9.94. The van der Waals surface area contributed by atoms with E-state index >= 15 is 0 Å². The lowest BCUT2D eigenvalue weighted by Gasteiger charge is -1.98. The molecule has 0 aromatic carbocycles. The summed E-state index contributed by atoms with van der Waals surface area (Å²) in [5, 5.41) is 8.27. The second-order valence-corrected chi connectivity index (χ2v) is 3.25. The Kier molecular flexibility index (Phi) is 8.33. The Balaban J connectivity index is 2.92. The summed E-state index contributed by atoms with van der Waals surface area (Å²) in [4.78, 5) is 10.4. The Morgan fingerprint density at radius 1 is 1.08 bits per heavy atom. The summed E-state index contributed by atoms with van der Waals surface area (Å²) in [5.74, 6) is -0.204. The lowest BCUT2D eigenvalue weighted by atomic mass is 10.1. The van der Waals surface area contributed by atoms with Gasteiger partial charge >= 0.3 is 0 Å². The second kappa shape index (κ2) is 9.05. The van der Waals surface area contributed by atoms with E-state index in [0.717, 1.165) is 32.1 Å². The summed E-state index contributed by atoms with van der Waals surface area (Å²) in [5.41, 5.74) is 5.00. The first-order valence-electron chi connectivity index (χ1n) is 4.92. The first kappa shape index (κ1) is 12.0. The molecule has 74 valence electrons. The highest BCUT2D eigenvalue weighted by Gasteiger charge is 1.94. The van der Waals surface area contributed by atoms with Crippen LogP contribution in [0.2, 0.25) is 0 Å². The van der Waals surface area contributed by atoms with E-state index in [1.54, 1.807) is 0 Å². The number of nitrogens with two attached hydrogens (primary N) is 1. The van der Waals surface area contributed by atoms with Crippen molar-refractivity contribution in [3.63, 3.8) is 0 Å². The van der Waals surface area contributed by atoms with Gasteiger partial charge < -0.3 is 5.73 Å². The van der Waals surface area contributed by atoms with Crippen LogP contribution in [0, 0.1) is 11.3 Å². The molecule has 0 fully saturated rings. The maximum Gasteiger partial charge on any atom is 0.217 e. The molecule has 0 unspecified atom stereocenters. The van der Waals surface area contributed by atoms with Crippen LogP contribution in [0.15, 0.2) is 0 Å². The van der Waals surface area contributed by atoms with Crippen molar-refractivity contribution >= 4 is 5.91 Å². The standard InChI is InChI=1S/C10H18N2O/c11-9-7-5-3-1-2-4-6-8-10(12)13/h1-8H2,(H2,12,13). The number of primary amides is 1. The number of rotatable bonds is 8. The van der Waals surface area contributed by atoms with Crippen molar-refractivity contribution in [3.05, 3.63) is 0 Å². The van der Waals surface area contributed by atoms with Crippen molar-refractivity contribution in [2.45, 2.75) is 51.4 Å². The van der Waals surface area contributed by atoms with E-state index in [9.17, 15) is 4.79 Å². The smallest absolute Gasteiger partial charge is 0.217 e. The van der Waals surface area contributed by atoms with Gasteiger partial charge in [0.05, 0.1) is 6.07 Å². The number of unbranched alkanes of at least 4 members (excludes halogenated alkanes) is 6. The Bertz CT molecular complexity index is 172. The van der Waals surface area contributed by atoms with E-state index < -0.39 is 0 Å². The average molecular weight is 182 g/mol. The summed E-state index contributed by atoms with van der Waals surface area (Å²) in [6.07, 6.45) is 7.62. The van der Waals surface area contributed by atoms with Gasteiger partial charge in [0.1, 0.15) is 0 Å². The molecule has 3 heteroatoms. The molecule has 0 aromatic rings. The fourth-order valence-corrected chi connectivity index (χ4v) is 1.21. The van der Waals surface area contributed by atoms with Gasteiger partial charge in [-0.1, -0.05) is 25.7 Å². The van der Waals surface area contributed by atoms with Gasteiger partial charge in [0, 0.05) is 12.8 Å². The topological polar surface area (TPSA) is 66.9 Å². The fourth-order valence-electron chi connectivity index (χ4n) is 1.21. The minimum absolute atomic E-state index is 0.204. The lowest BCUT2D eigenvalue weighted by Crippen LogP contribution is -2.09. The summed E-state index contributed by atoms with van der Waals surface area (Å²) < 4.78 is 0. The molecule has 0 bridgehead atoms. The molecule has 0 aliphatic rings. The van der Waals surface area contributed by atoms with Crippen LogP contribution >= 0.6 is 0 Å². The zero-order valence-electron chi connectivity index (χ0n) is 8.09. The molecule has 0 rings (SSSR count). The zero-order valence-corrected chi connectivity index (χ0v) is 8.09. The molecule has 13 heavy (non-hydrogen) atoms. The average Bonchev–Trinajstić information content (AvgIpc) is 2.09. The van der Waals surface area contributed by atoms with Crippen LogP contribution in [-0.4, -0.2) is 5.91 Å². The molecular weight excluding hydrogens is 164 g/mol. The van der Waals surface area contributed by atoms with Gasteiger partial charge in [0.25, 0.3) is 0 Å². The predicted molar refractivity (Wildman–Crippen MR) is 51.7 cm³/mol. The van der Waals surface area contributed by atoms with Crippen LogP contribution in [0.3, 0.4) is 0 Å². The lowest BCUT2D eigenvalue weighted by molar-refractivity contribution is -0.118. The molecule has 3 nitrogen and oxygen atoms in total. The molecule has 0 saturated heterocycles. The molecule has 0 atom stereocenters. The van der Waals surface area contributed by atoms with Crippen LogP contribution in [0.4, 0.5) is 0 Å². The number of amides is 1. The normalized spacial score (nSPS) is 9.46. The van der Waals surface area contributed by atoms with Crippen molar-refractivity contribution in [3.8, 4) is 6.07 Å². The van der Waals surface area contributed by atoms with E-state index in [1.807, 2.05) is 0 Å². The van der Waals surface area contributed by atoms with Crippen molar-refractivity contribution in [2.75, 3.05) is 0 Å². The number of nitrogens with zero attached hydrogens (tertiary/aromatic N) is 1. The Morgan fingerprint density at radius 3 is 2.15 bits per heavy atom. The molecule has 1 amide bonds. The maximum atomic E-state index is 10.4. The van der Waals surface area contributed by atoms with Crippen molar-refractivity contribution < 1.29 is 4.79 Å². The van der Waals surface area contributed by atoms with Gasteiger partial charge in [-0.25, -0.2) is 0 Å². The number of carbonyl (C=O) groups excluding carboxylic acids is 1. The van der Waals surface area contributed by atoms with E-state index in [-0.39, 0.29) is 5.91 Å². The highest BCUT2D eigenvalue weighted by atomic mass is 16.1. The third-order valence-electron chi connectivity index (χ3n) is 1.96.